The van der Waals surface area contributed by atoms with Crippen LogP contribution in [-0.2, 0) is 13.2 Å². The van der Waals surface area contributed by atoms with Gasteiger partial charge in [-0.3, -0.25) is 0 Å². The molecule has 0 fully saturated rings. The molecule has 0 aromatic heterocycles. The van der Waals surface area contributed by atoms with E-state index in [1.54, 1.807) is 7.11 Å². The molecule has 3 aromatic rings. The highest BCUT2D eigenvalue weighted by molar-refractivity contribution is 5.68. The lowest BCUT2D eigenvalue weighted by Crippen LogP contribution is -2.17. The van der Waals surface area contributed by atoms with E-state index in [1.807, 2.05) is 24.3 Å². The normalized spacial score (nSPS) is 10.7. The van der Waals surface area contributed by atoms with Gasteiger partial charge in [0.2, 0.25) is 0 Å². The minimum Gasteiger partial charge on any atom is -0.493 e. The minimum absolute atomic E-state index is 0.122. The van der Waals surface area contributed by atoms with Crippen molar-refractivity contribution in [3.63, 3.8) is 0 Å². The predicted octanol–water partition coefficient (Wildman–Crippen LogP) is 4.33. The molecule has 4 nitrogen and oxygen atoms in total. The largest absolute Gasteiger partial charge is 0.493 e. The second-order valence-corrected chi connectivity index (χ2v) is 6.63. The van der Waals surface area contributed by atoms with Gasteiger partial charge in [-0.05, 0) is 46.9 Å². The molecule has 2 N–H and O–H groups in total. The first-order valence-electron chi connectivity index (χ1n) is 9.48. The molecule has 0 saturated heterocycles. The van der Waals surface area contributed by atoms with Gasteiger partial charge in [-0.25, -0.2) is 0 Å². The molecule has 3 aromatic carbocycles. The van der Waals surface area contributed by atoms with E-state index in [0.29, 0.717) is 25.4 Å². The maximum absolute atomic E-state index is 8.91. The van der Waals surface area contributed by atoms with Gasteiger partial charge in [0.1, 0.15) is 6.61 Å². The first kappa shape index (κ1) is 19.9. The molecule has 28 heavy (non-hydrogen) atoms. The van der Waals surface area contributed by atoms with Gasteiger partial charge in [0, 0.05) is 13.1 Å². The predicted molar refractivity (Wildman–Crippen MR) is 113 cm³/mol. The highest BCUT2D eigenvalue weighted by atomic mass is 16.5. The molecule has 0 bridgehead atoms. The van der Waals surface area contributed by atoms with E-state index in [2.05, 4.69) is 54.7 Å². The Bertz CT molecular complexity index is 894. The number of hydrogen-bond donors (Lipinski definition) is 2. The van der Waals surface area contributed by atoms with E-state index in [9.17, 15) is 0 Å². The number of ether oxygens (including phenoxy) is 2. The van der Waals surface area contributed by atoms with Gasteiger partial charge in [0.25, 0.3) is 0 Å². The van der Waals surface area contributed by atoms with Crippen LogP contribution in [0.25, 0.3) is 11.1 Å². The average Bonchev–Trinajstić information content (AvgIpc) is 2.74. The van der Waals surface area contributed by atoms with Crippen molar-refractivity contribution in [3.05, 3.63) is 83.4 Å². The second-order valence-electron chi connectivity index (χ2n) is 6.63. The van der Waals surface area contributed by atoms with Crippen LogP contribution < -0.4 is 14.8 Å². The summed E-state index contributed by atoms with van der Waals surface area (Å²) in [6.07, 6.45) is 0. The summed E-state index contributed by atoms with van der Waals surface area (Å²) in [5, 5.41) is 12.1. The molecular weight excluding hydrogens is 350 g/mol. The average molecular weight is 377 g/mol. The van der Waals surface area contributed by atoms with Crippen molar-refractivity contribution < 1.29 is 14.6 Å². The van der Waals surface area contributed by atoms with Crippen molar-refractivity contribution in [2.75, 3.05) is 20.3 Å². The Labute approximate surface area is 166 Å². The molecular formula is C24H27NO3. The summed E-state index contributed by atoms with van der Waals surface area (Å²) < 4.78 is 11.6. The van der Waals surface area contributed by atoms with E-state index in [1.165, 1.54) is 16.7 Å². The zero-order valence-corrected chi connectivity index (χ0v) is 16.4. The van der Waals surface area contributed by atoms with Crippen LogP contribution in [0.3, 0.4) is 0 Å². The number of nitrogens with one attached hydrogen (secondary N) is 1. The summed E-state index contributed by atoms with van der Waals surface area (Å²) in [5.41, 5.74) is 5.87. The zero-order valence-electron chi connectivity index (χ0n) is 16.4. The SMILES string of the molecule is COc1ccc(CNCCO)cc1OCc1cccc(-c2ccccc2)c1C. The molecule has 0 atom stereocenters. The fourth-order valence-corrected chi connectivity index (χ4v) is 3.18. The summed E-state index contributed by atoms with van der Waals surface area (Å²) >= 11 is 0. The quantitative estimate of drug-likeness (QED) is 0.545. The smallest absolute Gasteiger partial charge is 0.161 e. The monoisotopic (exact) mass is 377 g/mol. The van der Waals surface area contributed by atoms with Crippen molar-refractivity contribution in [2.45, 2.75) is 20.1 Å². The van der Waals surface area contributed by atoms with Crippen molar-refractivity contribution in [2.24, 2.45) is 0 Å². The molecule has 0 aliphatic carbocycles. The summed E-state index contributed by atoms with van der Waals surface area (Å²) in [4.78, 5) is 0. The Morgan fingerprint density at radius 1 is 0.929 bits per heavy atom. The first-order chi connectivity index (χ1) is 13.7. The van der Waals surface area contributed by atoms with E-state index < -0.39 is 0 Å². The van der Waals surface area contributed by atoms with Crippen molar-refractivity contribution >= 4 is 0 Å². The molecule has 0 unspecified atom stereocenters. The molecule has 0 spiro atoms. The van der Waals surface area contributed by atoms with Crippen LogP contribution in [0.15, 0.2) is 66.7 Å². The van der Waals surface area contributed by atoms with Crippen molar-refractivity contribution in [1.29, 1.82) is 0 Å². The van der Waals surface area contributed by atoms with Crippen LogP contribution >= 0.6 is 0 Å². The standard InChI is InChI=1S/C24H27NO3/c1-18-21(9-6-10-22(18)20-7-4-3-5-8-20)17-28-24-15-19(16-25-13-14-26)11-12-23(24)27-2/h3-12,15,25-26H,13-14,16-17H2,1-2H3. The van der Waals surface area contributed by atoms with Gasteiger partial charge in [-0.2, -0.15) is 0 Å². The molecule has 0 amide bonds. The molecule has 0 saturated carbocycles. The molecule has 4 heteroatoms. The summed E-state index contributed by atoms with van der Waals surface area (Å²) in [5.74, 6) is 1.43. The summed E-state index contributed by atoms with van der Waals surface area (Å²) in [6, 6.07) is 22.6. The Balaban J connectivity index is 1.77. The second kappa shape index (κ2) is 9.93. The van der Waals surface area contributed by atoms with Crippen LogP contribution in [0.2, 0.25) is 0 Å². The third-order valence-corrected chi connectivity index (χ3v) is 4.76. The zero-order chi connectivity index (χ0) is 19.8. The van der Waals surface area contributed by atoms with Crippen LogP contribution in [0.5, 0.6) is 11.5 Å². The van der Waals surface area contributed by atoms with E-state index in [0.717, 1.165) is 16.9 Å². The van der Waals surface area contributed by atoms with Crippen LogP contribution in [0.1, 0.15) is 16.7 Å². The number of aliphatic hydroxyl groups excluding tert-OH is 1. The minimum atomic E-state index is 0.122. The highest BCUT2D eigenvalue weighted by Gasteiger charge is 2.10. The van der Waals surface area contributed by atoms with Gasteiger partial charge in [0.15, 0.2) is 11.5 Å². The topological polar surface area (TPSA) is 50.7 Å². The third-order valence-electron chi connectivity index (χ3n) is 4.76. The molecule has 0 radical (unpaired) electrons. The number of benzene rings is 3. The Morgan fingerprint density at radius 3 is 2.50 bits per heavy atom. The van der Waals surface area contributed by atoms with Crippen LogP contribution in [-0.4, -0.2) is 25.4 Å². The lowest BCUT2D eigenvalue weighted by molar-refractivity contribution is 0.283. The molecule has 146 valence electrons. The molecule has 0 heterocycles. The molecule has 3 rings (SSSR count). The van der Waals surface area contributed by atoms with Gasteiger partial charge < -0.3 is 19.9 Å². The van der Waals surface area contributed by atoms with Crippen molar-refractivity contribution in [3.8, 4) is 22.6 Å². The number of rotatable bonds is 9. The highest BCUT2D eigenvalue weighted by Crippen LogP contribution is 2.30. The lowest BCUT2D eigenvalue weighted by atomic mass is 9.97. The summed E-state index contributed by atoms with van der Waals surface area (Å²) in [6.45, 7) is 3.96. The van der Waals surface area contributed by atoms with Gasteiger partial charge >= 0.3 is 0 Å². The van der Waals surface area contributed by atoms with Crippen LogP contribution in [0, 0.1) is 6.92 Å². The number of methoxy groups -OCH3 is 1. The number of aliphatic hydroxyl groups is 1. The van der Waals surface area contributed by atoms with Gasteiger partial charge in [0.05, 0.1) is 13.7 Å². The van der Waals surface area contributed by atoms with Crippen molar-refractivity contribution in [1.82, 2.24) is 5.32 Å². The molecule has 0 aliphatic heterocycles. The fourth-order valence-electron chi connectivity index (χ4n) is 3.18. The maximum atomic E-state index is 8.91. The lowest BCUT2D eigenvalue weighted by Gasteiger charge is -2.15. The first-order valence-corrected chi connectivity index (χ1v) is 9.48. The Kier molecular flexibility index (Phi) is 7.06. The van der Waals surface area contributed by atoms with Gasteiger partial charge in [-0.1, -0.05) is 54.6 Å². The summed E-state index contributed by atoms with van der Waals surface area (Å²) in [7, 11) is 1.65. The van der Waals surface area contributed by atoms with Crippen LogP contribution in [0.4, 0.5) is 0 Å². The Morgan fingerprint density at radius 2 is 1.75 bits per heavy atom. The maximum Gasteiger partial charge on any atom is 0.161 e. The van der Waals surface area contributed by atoms with E-state index in [4.69, 9.17) is 14.6 Å². The Hall–Kier alpha value is -2.82. The van der Waals surface area contributed by atoms with E-state index in [-0.39, 0.29) is 6.61 Å². The molecule has 0 aliphatic rings. The fraction of sp³-hybridized carbons (Fsp3) is 0.250. The van der Waals surface area contributed by atoms with Gasteiger partial charge in [-0.15, -0.1) is 0 Å². The third kappa shape index (κ3) is 4.91. The number of hydrogen-bond acceptors (Lipinski definition) is 4. The van der Waals surface area contributed by atoms with E-state index >= 15 is 0 Å².